The van der Waals surface area contributed by atoms with Crippen molar-refractivity contribution in [2.24, 2.45) is 12.8 Å². The van der Waals surface area contributed by atoms with E-state index in [1.165, 1.54) is 12.1 Å². The molecular formula is C27H18FN5O. The number of nitriles is 2. The van der Waals surface area contributed by atoms with Gasteiger partial charge in [0.2, 0.25) is 0 Å². The van der Waals surface area contributed by atoms with E-state index in [0.717, 1.165) is 0 Å². The summed E-state index contributed by atoms with van der Waals surface area (Å²) in [6.07, 6.45) is 3.31. The molecule has 0 saturated carbocycles. The number of nitrogens with zero attached hydrogens (tertiary/aromatic N) is 4. The van der Waals surface area contributed by atoms with E-state index in [0.29, 0.717) is 50.2 Å². The Morgan fingerprint density at radius 2 is 1.76 bits per heavy atom. The Morgan fingerprint density at radius 3 is 2.41 bits per heavy atom. The van der Waals surface area contributed by atoms with Gasteiger partial charge in [0.1, 0.15) is 22.7 Å². The number of furan rings is 1. The maximum absolute atomic E-state index is 14.0. The van der Waals surface area contributed by atoms with Crippen molar-refractivity contribution in [2.45, 2.75) is 5.54 Å². The first kappa shape index (κ1) is 21.1. The smallest absolute Gasteiger partial charge is 0.142 e. The molecule has 0 aliphatic heterocycles. The summed E-state index contributed by atoms with van der Waals surface area (Å²) in [7, 11) is 1.84. The molecule has 34 heavy (non-hydrogen) atoms. The summed E-state index contributed by atoms with van der Waals surface area (Å²) in [6.45, 7) is 0. The summed E-state index contributed by atoms with van der Waals surface area (Å²) in [4.78, 5) is 4.23. The molecule has 1 atom stereocenters. The van der Waals surface area contributed by atoms with Crippen LogP contribution in [0.25, 0.3) is 22.1 Å². The molecule has 7 heteroatoms. The van der Waals surface area contributed by atoms with Gasteiger partial charge >= 0.3 is 0 Å². The van der Waals surface area contributed by atoms with Crippen molar-refractivity contribution in [3.05, 3.63) is 113 Å². The first-order valence-corrected chi connectivity index (χ1v) is 10.4. The fourth-order valence-electron chi connectivity index (χ4n) is 4.24. The summed E-state index contributed by atoms with van der Waals surface area (Å²) in [5.41, 5.74) is 9.80. The van der Waals surface area contributed by atoms with Crippen LogP contribution in [-0.4, -0.2) is 9.55 Å². The highest BCUT2D eigenvalue weighted by Gasteiger charge is 2.38. The third-order valence-electron chi connectivity index (χ3n) is 5.96. The maximum Gasteiger partial charge on any atom is 0.142 e. The highest BCUT2D eigenvalue weighted by atomic mass is 19.1. The van der Waals surface area contributed by atoms with Crippen LogP contribution < -0.4 is 5.73 Å². The van der Waals surface area contributed by atoms with Crippen LogP contribution in [-0.2, 0) is 12.6 Å². The van der Waals surface area contributed by atoms with Crippen molar-refractivity contribution >= 4 is 11.0 Å². The molecule has 0 radical (unpaired) electrons. The number of nitrogens with two attached hydrogens (primary N) is 1. The molecule has 6 nitrogen and oxygen atoms in total. The zero-order chi connectivity index (χ0) is 23.9. The Morgan fingerprint density at radius 1 is 1.00 bits per heavy atom. The van der Waals surface area contributed by atoms with E-state index in [1.807, 2.05) is 7.05 Å². The van der Waals surface area contributed by atoms with Crippen molar-refractivity contribution in [1.82, 2.24) is 9.55 Å². The molecule has 0 unspecified atom stereocenters. The largest absolute Gasteiger partial charge is 0.458 e. The highest BCUT2D eigenvalue weighted by Crippen LogP contribution is 2.40. The number of rotatable bonds is 4. The first-order valence-electron chi connectivity index (χ1n) is 10.4. The minimum Gasteiger partial charge on any atom is -0.458 e. The van der Waals surface area contributed by atoms with Gasteiger partial charge in [-0.05, 0) is 53.6 Å². The van der Waals surface area contributed by atoms with Crippen LogP contribution in [0.2, 0.25) is 0 Å². The lowest BCUT2D eigenvalue weighted by atomic mass is 9.84. The molecule has 0 saturated heterocycles. The van der Waals surface area contributed by atoms with Gasteiger partial charge in [-0.25, -0.2) is 9.37 Å². The van der Waals surface area contributed by atoms with Gasteiger partial charge < -0.3 is 14.7 Å². The second-order valence-electron chi connectivity index (χ2n) is 8.06. The average molecular weight is 447 g/mol. The molecule has 0 aliphatic rings. The van der Waals surface area contributed by atoms with Crippen LogP contribution in [0.4, 0.5) is 4.39 Å². The lowest BCUT2D eigenvalue weighted by Crippen LogP contribution is -2.40. The third-order valence-corrected chi connectivity index (χ3v) is 5.96. The topological polar surface area (TPSA) is 105 Å². The van der Waals surface area contributed by atoms with E-state index in [9.17, 15) is 14.9 Å². The monoisotopic (exact) mass is 447 g/mol. The number of halogens is 1. The van der Waals surface area contributed by atoms with E-state index in [1.54, 1.807) is 71.7 Å². The Labute approximate surface area is 194 Å². The van der Waals surface area contributed by atoms with Gasteiger partial charge in [0.25, 0.3) is 0 Å². The van der Waals surface area contributed by atoms with Crippen molar-refractivity contribution < 1.29 is 8.81 Å². The van der Waals surface area contributed by atoms with Crippen LogP contribution >= 0.6 is 0 Å². The normalized spacial score (nSPS) is 12.7. The van der Waals surface area contributed by atoms with Crippen molar-refractivity contribution in [1.29, 1.82) is 10.5 Å². The number of imidazole rings is 1. The Bertz CT molecular complexity index is 1620. The lowest BCUT2D eigenvalue weighted by Gasteiger charge is -2.28. The minimum atomic E-state index is -1.25. The molecule has 5 aromatic rings. The molecule has 164 valence electrons. The van der Waals surface area contributed by atoms with Gasteiger partial charge in [-0.1, -0.05) is 24.3 Å². The summed E-state index contributed by atoms with van der Waals surface area (Å²) in [6, 6.07) is 22.6. The van der Waals surface area contributed by atoms with Gasteiger partial charge in [-0.3, -0.25) is 0 Å². The van der Waals surface area contributed by atoms with Gasteiger partial charge in [0, 0.05) is 18.0 Å². The summed E-state index contributed by atoms with van der Waals surface area (Å²) in [5, 5.41) is 19.5. The predicted molar refractivity (Wildman–Crippen MR) is 125 cm³/mol. The maximum atomic E-state index is 14.0. The molecule has 2 N–H and O–H groups in total. The van der Waals surface area contributed by atoms with Crippen molar-refractivity contribution in [3.63, 3.8) is 0 Å². The van der Waals surface area contributed by atoms with Gasteiger partial charge in [0.15, 0.2) is 0 Å². The molecule has 0 fully saturated rings. The number of benzene rings is 3. The number of aromatic nitrogens is 2. The Hall–Kier alpha value is -4.72. The average Bonchev–Trinajstić information content (AvgIpc) is 3.49. The zero-order valence-electron chi connectivity index (χ0n) is 18.2. The first-order chi connectivity index (χ1) is 16.4. The molecule has 5 rings (SSSR count). The Balaban J connectivity index is 1.80. The highest BCUT2D eigenvalue weighted by molar-refractivity contribution is 5.94. The number of hydrogen-bond donors (Lipinski definition) is 1. The zero-order valence-corrected chi connectivity index (χ0v) is 18.2. The van der Waals surface area contributed by atoms with Crippen molar-refractivity contribution in [2.75, 3.05) is 0 Å². The van der Waals surface area contributed by atoms with E-state index >= 15 is 0 Å². The van der Waals surface area contributed by atoms with E-state index in [4.69, 9.17) is 10.2 Å². The quantitative estimate of drug-likeness (QED) is 0.419. The number of fused-ring (bicyclic) bond motifs is 1. The van der Waals surface area contributed by atoms with Crippen LogP contribution in [0.5, 0.6) is 0 Å². The molecule has 0 spiro atoms. The Kier molecular flexibility index (Phi) is 4.98. The number of hydrogen-bond acceptors (Lipinski definition) is 5. The molecule has 0 amide bonds. The molecule has 3 aromatic carbocycles. The molecule has 2 heterocycles. The second-order valence-corrected chi connectivity index (χ2v) is 8.06. The van der Waals surface area contributed by atoms with Crippen LogP contribution in [0.1, 0.15) is 28.1 Å². The minimum absolute atomic E-state index is 0.388. The summed E-state index contributed by atoms with van der Waals surface area (Å²) in [5.74, 6) is 0.0315. The molecule has 0 aliphatic carbocycles. The van der Waals surface area contributed by atoms with Gasteiger partial charge in [-0.2, -0.15) is 10.5 Å². The van der Waals surface area contributed by atoms with Crippen molar-refractivity contribution in [3.8, 4) is 23.3 Å². The lowest BCUT2D eigenvalue weighted by molar-refractivity contribution is 0.445. The predicted octanol–water partition coefficient (Wildman–Crippen LogP) is 4.97. The third kappa shape index (κ3) is 3.32. The fraction of sp³-hybridized carbons (Fsp3) is 0.0741. The van der Waals surface area contributed by atoms with Gasteiger partial charge in [-0.15, -0.1) is 0 Å². The van der Waals surface area contributed by atoms with E-state index in [-0.39, 0.29) is 5.82 Å². The van der Waals surface area contributed by atoms with Crippen LogP contribution in [0.15, 0.2) is 83.7 Å². The fourth-order valence-corrected chi connectivity index (χ4v) is 4.24. The molecule has 0 bridgehead atoms. The summed E-state index contributed by atoms with van der Waals surface area (Å²) >= 11 is 0. The second kappa shape index (κ2) is 8.00. The van der Waals surface area contributed by atoms with Crippen LogP contribution in [0, 0.1) is 28.5 Å². The number of aryl methyl sites for hydroxylation is 1. The van der Waals surface area contributed by atoms with Gasteiger partial charge in [0.05, 0.1) is 41.5 Å². The standard InChI is InChI=1S/C27H18FN5O/c1-33-16-32-15-24(33)27(31,21-7-5-17(13-29)6-8-21)25-12-20-9-18(14-30)10-23(26(20)34-25)19-3-2-4-22(28)11-19/h2-12,15-16H,31H2,1H3/t27-/m1/s1. The SMILES string of the molecule is Cn1cncc1[C@](N)(c1ccc(C#N)cc1)c1cc2cc(C#N)cc(-c3cccc(F)c3)c2o1. The molecule has 2 aromatic heterocycles. The van der Waals surface area contributed by atoms with E-state index in [2.05, 4.69) is 17.1 Å². The van der Waals surface area contributed by atoms with Crippen LogP contribution in [0.3, 0.4) is 0 Å². The molecular weight excluding hydrogens is 429 g/mol. The summed E-state index contributed by atoms with van der Waals surface area (Å²) < 4.78 is 22.2. The van der Waals surface area contributed by atoms with E-state index < -0.39 is 5.54 Å².